The second-order valence-corrected chi connectivity index (χ2v) is 16.6. The molecule has 95 heavy (non-hydrogen) atoms. The van der Waals surface area contributed by atoms with E-state index in [1.807, 2.05) is 30.6 Å². The van der Waals surface area contributed by atoms with Crippen molar-refractivity contribution >= 4 is 74.4 Å². The number of methoxy groups -OCH3 is 2. The van der Waals surface area contributed by atoms with Crippen LogP contribution in [-0.2, 0) is 100 Å². The first-order valence-corrected chi connectivity index (χ1v) is 23.7. The van der Waals surface area contributed by atoms with Crippen molar-refractivity contribution in [3.63, 3.8) is 0 Å². The van der Waals surface area contributed by atoms with Gasteiger partial charge in [-0.25, -0.2) is 28.8 Å². The van der Waals surface area contributed by atoms with Crippen LogP contribution < -0.4 is 96.6 Å². The van der Waals surface area contributed by atoms with Crippen LogP contribution in [0.3, 0.4) is 0 Å². The number of nitrogens with two attached hydrogens (primary N) is 2. The topological polar surface area (TPSA) is 866 Å². The summed E-state index contributed by atoms with van der Waals surface area (Å²) in [5.74, 6) is -8.49. The van der Waals surface area contributed by atoms with E-state index in [-0.39, 0.29) is 95.0 Å². The van der Waals surface area contributed by atoms with E-state index in [0.29, 0.717) is 10.6 Å². The molecule has 550 valence electrons. The molecule has 6 rings (SSSR count). The maximum atomic E-state index is 11.8. The van der Waals surface area contributed by atoms with Gasteiger partial charge in [-0.1, -0.05) is 7.43 Å². The number of primary amides is 2. The van der Waals surface area contributed by atoms with Crippen molar-refractivity contribution in [2.24, 2.45) is 11.5 Å². The molecular weight excluding hydrogens is 1430 g/mol. The molecular formula is C42H61Co2N11O39P-9. The van der Waals surface area contributed by atoms with Crippen molar-refractivity contribution in [1.82, 2.24) is 45.0 Å². The third-order valence-electron chi connectivity index (χ3n) is 9.33. The van der Waals surface area contributed by atoms with E-state index in [9.17, 15) is 127 Å². The van der Waals surface area contributed by atoms with Gasteiger partial charge in [0.1, 0.15) is 44.4 Å². The van der Waals surface area contributed by atoms with E-state index >= 15 is 0 Å². The quantitative estimate of drug-likeness (QED) is 0.0221. The van der Waals surface area contributed by atoms with Gasteiger partial charge < -0.3 is 166 Å². The smallest absolute Gasteiger partial charge is 0.407 e. The standard InChI is InChI=1S/C11H14N2O8.C10H14N2O6.C5H8N2O5.C5H6N2O4.C5H4N2O4.CH4NO5P.CH2O3.CO2.CH4.2CH3.2Co.2H2O.H2/c1-20-3-5-7(15)8(16)9(21-5)13-4(10(17)18)2-6(14)12-11(13)19;1-17-4-5-7(14)8(15)9(18-5)12-3-2-6(13)11-10(12)16;6-5(12)7-2(4(10)11)1-3(8)9;2*8-3-1-2(4(9)10)6-5(11)7-3;2-1(3)7-8(4,5)6;2-1-4-3;2-1-3;;;;;;;;/h2,5,7-9,15-16H,3H2,1H3,(H,17,18)(H,12,14,19);2-3,5,7-9,14-15H,4H2,1H3,(H,11,13,16);2H,1H2,(H,8,9)(H,10,11)(H3,6,7,12);2H,1H2,(H,9,10)(H2,6,7,8,11);1H,(H,9,10)(H2,6,7,8,11);(H2,2,3)(H2,4,5,6);1,3H;;1H4;2*1H3;;;2*1H2;1H/q;;;;;;;;;2*-1;;;;;/p-7/t2*5-,7?,8+,9-;;;;;;;;;;;;;;/m11............../s1/i;;;;;;;;;;;;;;;1+1/hD. The number of aliphatic hydroxyl groups excluding tert-OH is 4. The number of nitrogens with one attached hydrogen (secondary N) is 7. The normalized spacial score (nSPS) is 19.0. The molecule has 3 aliphatic heterocycles. The Morgan fingerprint density at radius 2 is 1.25 bits per heavy atom. The summed E-state index contributed by atoms with van der Waals surface area (Å²) >= 11 is 0. The van der Waals surface area contributed by atoms with Crippen molar-refractivity contribution in [2.45, 2.75) is 81.4 Å². The van der Waals surface area contributed by atoms with Gasteiger partial charge in [0.25, 0.3) is 23.2 Å². The SMILES string of the molecule is C.COC[C@H]1O[C@@H](n2c(C(=O)[O-])cc(=O)[nH]c2=O)[C@@H](O)C1O.COC[C@H]1O[C@@H](n2ccc(=O)[nH]c2=O)[C@@H](O)C1O.NC(=O)NC(CC(=O)O)C(=O)[O-].NC(=O)OP(=O)([O-])[O-].O.O=C([O-])c1cc(=O)[nH]c(=O)[nH]1.O=C1CC(C(=O)[O-])NC(=O)N1.O=C=O.O=CO[O-].[2HH].[2H]O.[CH3-].[CH3-].[Co].[Co]. The number of aromatic carboxylic acids is 2. The van der Waals surface area contributed by atoms with Crippen molar-refractivity contribution in [3.8, 4) is 0 Å². The number of carboxylic acids is 5. The number of H-pyrrole nitrogens is 4. The summed E-state index contributed by atoms with van der Waals surface area (Å²) in [6, 6.07) is -2.19. The number of phosphoric ester groups is 1. The second kappa shape index (κ2) is 51.9. The fourth-order valence-electron chi connectivity index (χ4n) is 6.03. The fraction of sp³-hybridized carbons (Fsp3) is 0.405. The fourth-order valence-corrected chi connectivity index (χ4v) is 6.25. The van der Waals surface area contributed by atoms with Gasteiger partial charge in [-0.2, -0.15) is 9.59 Å². The van der Waals surface area contributed by atoms with Crippen LogP contribution in [-0.4, -0.2) is 208 Å². The molecule has 0 saturated carbocycles. The van der Waals surface area contributed by atoms with Gasteiger partial charge in [0, 0.05) is 73.6 Å². The molecule has 3 aliphatic rings. The number of rotatable bonds is 15. The minimum atomic E-state index is -5.20. The molecule has 3 aromatic heterocycles. The van der Waals surface area contributed by atoms with Crippen LogP contribution in [0.15, 0.2) is 53.2 Å². The van der Waals surface area contributed by atoms with Crippen LogP contribution in [0, 0.1) is 14.9 Å². The molecule has 3 saturated heterocycles. The molecule has 53 heteroatoms. The molecule has 4 unspecified atom stereocenters. The number of aromatic nitrogens is 6. The molecule has 3 aromatic rings. The Balaban J connectivity index is -0.000000115. The predicted octanol–water partition coefficient (Wildman–Crippen LogP) is -18.1. The number of phosphoric acid groups is 1. The Kier molecular flexibility index (Phi) is 55.5. The molecule has 0 aromatic carbocycles. The summed E-state index contributed by atoms with van der Waals surface area (Å²) in [4.78, 5) is 212. The number of carbonyl (C=O) groups excluding carboxylic acids is 11. The summed E-state index contributed by atoms with van der Waals surface area (Å²) in [5, 5.41) is 103. The van der Waals surface area contributed by atoms with Gasteiger partial charge in [-0.05, 0) is 0 Å². The van der Waals surface area contributed by atoms with E-state index in [1.54, 1.807) is 5.32 Å². The third-order valence-corrected chi connectivity index (χ3v) is 9.74. The van der Waals surface area contributed by atoms with E-state index in [1.165, 1.54) is 20.4 Å². The van der Waals surface area contributed by atoms with Crippen LogP contribution in [0.1, 0.15) is 56.6 Å². The van der Waals surface area contributed by atoms with Gasteiger partial charge in [0.15, 0.2) is 12.5 Å². The number of amides is 6. The zero-order chi connectivity index (χ0) is 70.5. The van der Waals surface area contributed by atoms with Gasteiger partial charge in [-0.15, -0.1) is 0 Å². The Bertz CT molecular complexity index is 3320. The minimum absolute atomic E-state index is 0. The number of aliphatic carboxylic acids is 3. The summed E-state index contributed by atoms with van der Waals surface area (Å²) in [7, 11) is -2.42. The van der Waals surface area contributed by atoms with Gasteiger partial charge >= 0.3 is 47.3 Å². The number of hydrogen-bond donors (Lipinski definition) is 14. The summed E-state index contributed by atoms with van der Waals surface area (Å²) in [6.07, 6.45) is -10.8. The van der Waals surface area contributed by atoms with Crippen molar-refractivity contribution in [2.75, 3.05) is 27.4 Å². The first kappa shape index (κ1) is 102. The summed E-state index contributed by atoms with van der Waals surface area (Å²) < 4.78 is 38.9. The number of carbonyl (C=O) groups is 10. The molecule has 0 spiro atoms. The molecule has 0 aliphatic carbocycles. The van der Waals surface area contributed by atoms with Crippen LogP contribution in [0.2, 0.25) is 0 Å². The first-order valence-electron chi connectivity index (χ1n) is 22.7. The zero-order valence-electron chi connectivity index (χ0n) is 48.4. The Morgan fingerprint density at radius 3 is 1.60 bits per heavy atom. The monoisotopic (exact) mass is 1490 g/mol. The zero-order valence-corrected chi connectivity index (χ0v) is 50.4. The maximum absolute atomic E-state index is 11.8. The third kappa shape index (κ3) is 40.2. The molecule has 20 N–H and O–H groups in total. The number of aromatic amines is 4. The molecule has 10 atom stereocenters. The number of imide groups is 1. The van der Waals surface area contributed by atoms with E-state index < -0.39 is 174 Å². The average molecular weight is 1490 g/mol. The van der Waals surface area contributed by atoms with E-state index in [2.05, 4.69) is 20.9 Å². The minimum Gasteiger partial charge on any atom is -0.780 e. The number of ether oxygens (including phenoxy) is 4. The molecule has 0 bridgehead atoms. The number of nitrogens with zero attached hydrogens (tertiary/aromatic N) is 2. The van der Waals surface area contributed by atoms with Gasteiger partial charge in [0.2, 0.25) is 7.34 Å². The number of hydrogen-bond acceptors (Lipinski definition) is 36. The molecule has 3 fully saturated rings. The van der Waals surface area contributed by atoms with Gasteiger partial charge in [0.05, 0.1) is 73.4 Å². The van der Waals surface area contributed by atoms with Crippen LogP contribution in [0.4, 0.5) is 14.4 Å². The molecule has 2 radical (unpaired) electrons. The number of urea groups is 2. The van der Waals surface area contributed by atoms with E-state index in [4.69, 9.17) is 50.6 Å². The maximum Gasteiger partial charge on any atom is 0.407 e. The summed E-state index contributed by atoms with van der Waals surface area (Å²) in [5.41, 5.74) is 8.75. The number of carboxylic acid groups (broad SMARTS) is 5. The predicted molar refractivity (Wildman–Crippen MR) is 278 cm³/mol. The van der Waals surface area contributed by atoms with Crippen LogP contribution >= 0.6 is 7.82 Å². The van der Waals surface area contributed by atoms with Gasteiger partial charge in [-0.3, -0.25) is 58.2 Å². The Labute approximate surface area is 550 Å². The van der Waals surface area contributed by atoms with Crippen LogP contribution in [0.25, 0.3) is 0 Å². The van der Waals surface area contributed by atoms with Crippen molar-refractivity contribution in [3.05, 3.63) is 113 Å². The van der Waals surface area contributed by atoms with E-state index in [0.717, 1.165) is 16.7 Å². The van der Waals surface area contributed by atoms with Crippen molar-refractivity contribution < 1.29 is 199 Å². The summed E-state index contributed by atoms with van der Waals surface area (Å²) in [6.45, 7) is -0.166. The number of aliphatic hydroxyl groups is 4. The average Bonchev–Trinajstić information content (AvgIpc) is 1.70. The first-order chi connectivity index (χ1) is 41.8. The molecule has 6 amide bonds. The largest absolute Gasteiger partial charge is 0.780 e. The Hall–Kier alpha value is -9.56. The second-order valence-electron chi connectivity index (χ2n) is 15.5. The molecule has 50 nitrogen and oxygen atoms in total. The van der Waals surface area contributed by atoms with Crippen LogP contribution in [0.5, 0.6) is 0 Å². The Morgan fingerprint density at radius 1 is 0.800 bits per heavy atom. The molecule has 6 heterocycles. The van der Waals surface area contributed by atoms with Crippen molar-refractivity contribution in [1.29, 1.82) is 0 Å².